The Labute approximate surface area is 73.6 Å². The Bertz CT molecular complexity index is 386. The van der Waals surface area contributed by atoms with Crippen LogP contribution in [0.2, 0.25) is 0 Å². The molecular formula is C7F5O2-. The molecule has 76 valence electrons. The van der Waals surface area contributed by atoms with Crippen molar-refractivity contribution in [3.8, 4) is 0 Å². The molecule has 0 aliphatic carbocycles. The molecule has 0 aliphatic rings. The second-order valence-electron chi connectivity index (χ2n) is 2.23. The first-order valence-corrected chi connectivity index (χ1v) is 3.10. The summed E-state index contributed by atoms with van der Waals surface area (Å²) in [5, 5.41) is 10.0. The highest BCUT2D eigenvalue weighted by Crippen LogP contribution is 2.22. The predicted molar refractivity (Wildman–Crippen MR) is 30.6 cm³/mol. The van der Waals surface area contributed by atoms with Gasteiger partial charge in [-0.05, 0) is 0 Å². The summed E-state index contributed by atoms with van der Waals surface area (Å²) < 4.78 is 62.0. The molecule has 0 aromatic heterocycles. The first-order valence-electron chi connectivity index (χ1n) is 3.10. The molecule has 1 aromatic carbocycles. The van der Waals surface area contributed by atoms with E-state index in [-0.39, 0.29) is 0 Å². The standard InChI is InChI=1S/C7HF5O2/c8-2-1(7(13)14)3(9)5(11)6(12)4(2)10/h(H,13,14)/p-1. The zero-order chi connectivity index (χ0) is 11.0. The molecule has 0 atom stereocenters. The number of rotatable bonds is 1. The van der Waals surface area contributed by atoms with Crippen LogP contribution in [0.15, 0.2) is 0 Å². The SMILES string of the molecule is O=C([O-])c1c(F)c(F)c(F)c(F)c1F. The topological polar surface area (TPSA) is 40.1 Å². The minimum atomic E-state index is -2.47. The number of carboxylic acids is 1. The number of aromatic carboxylic acids is 1. The van der Waals surface area contributed by atoms with Crippen LogP contribution in [-0.2, 0) is 0 Å². The average Bonchev–Trinajstić information content (AvgIpc) is 2.11. The molecule has 0 radical (unpaired) electrons. The van der Waals surface area contributed by atoms with Crippen molar-refractivity contribution in [1.82, 2.24) is 0 Å². The highest BCUT2D eigenvalue weighted by Gasteiger charge is 2.25. The van der Waals surface area contributed by atoms with Gasteiger partial charge in [-0.25, -0.2) is 22.0 Å². The molecule has 0 fully saturated rings. The van der Waals surface area contributed by atoms with Gasteiger partial charge in [0.1, 0.15) is 0 Å². The van der Waals surface area contributed by atoms with Gasteiger partial charge in [-0.2, -0.15) is 0 Å². The number of benzene rings is 1. The van der Waals surface area contributed by atoms with Crippen molar-refractivity contribution in [2.45, 2.75) is 0 Å². The smallest absolute Gasteiger partial charge is 0.200 e. The van der Waals surface area contributed by atoms with Gasteiger partial charge in [0.05, 0.1) is 11.5 Å². The number of halogens is 5. The lowest BCUT2D eigenvalue weighted by molar-refractivity contribution is -0.255. The monoisotopic (exact) mass is 211 g/mol. The second-order valence-corrected chi connectivity index (χ2v) is 2.23. The van der Waals surface area contributed by atoms with Crippen LogP contribution in [0.25, 0.3) is 0 Å². The molecule has 0 N–H and O–H groups in total. The number of carboxylic acid groups (broad SMARTS) is 1. The minimum Gasteiger partial charge on any atom is -0.545 e. The van der Waals surface area contributed by atoms with E-state index in [2.05, 4.69) is 0 Å². The van der Waals surface area contributed by atoms with Crippen molar-refractivity contribution >= 4 is 5.97 Å². The number of hydrogen-bond donors (Lipinski definition) is 0. The Hall–Kier alpha value is -1.66. The summed E-state index contributed by atoms with van der Waals surface area (Å²) in [4.78, 5) is 10.0. The third-order valence-electron chi connectivity index (χ3n) is 1.41. The van der Waals surface area contributed by atoms with E-state index in [9.17, 15) is 31.9 Å². The molecule has 0 unspecified atom stereocenters. The van der Waals surface area contributed by atoms with Gasteiger partial charge < -0.3 is 9.90 Å². The van der Waals surface area contributed by atoms with Gasteiger partial charge in [0.25, 0.3) is 0 Å². The van der Waals surface area contributed by atoms with Crippen molar-refractivity contribution in [1.29, 1.82) is 0 Å². The van der Waals surface area contributed by atoms with Gasteiger partial charge in [0.2, 0.25) is 5.82 Å². The van der Waals surface area contributed by atoms with Crippen molar-refractivity contribution in [3.05, 3.63) is 34.6 Å². The highest BCUT2D eigenvalue weighted by molar-refractivity contribution is 5.86. The highest BCUT2D eigenvalue weighted by atomic mass is 19.2. The molecule has 0 heterocycles. The van der Waals surface area contributed by atoms with Crippen LogP contribution in [0.5, 0.6) is 0 Å². The fourth-order valence-corrected chi connectivity index (χ4v) is 0.784. The van der Waals surface area contributed by atoms with Gasteiger partial charge in [0, 0.05) is 0 Å². The van der Waals surface area contributed by atoms with Crippen molar-refractivity contribution < 1.29 is 31.9 Å². The second kappa shape index (κ2) is 3.24. The van der Waals surface area contributed by atoms with Crippen LogP contribution in [0.1, 0.15) is 10.4 Å². The molecular weight excluding hydrogens is 211 g/mol. The summed E-state index contributed by atoms with van der Waals surface area (Å²) in [7, 11) is 0. The molecule has 1 aromatic rings. The molecule has 0 amide bonds. The molecule has 2 nitrogen and oxygen atoms in total. The maximum absolute atomic E-state index is 12.5. The van der Waals surface area contributed by atoms with Gasteiger partial charge in [-0.1, -0.05) is 0 Å². The normalized spacial score (nSPS) is 10.4. The lowest BCUT2D eigenvalue weighted by Crippen LogP contribution is -2.26. The zero-order valence-corrected chi connectivity index (χ0v) is 6.21. The Morgan fingerprint density at radius 1 is 0.786 bits per heavy atom. The van der Waals surface area contributed by atoms with Gasteiger partial charge in [0.15, 0.2) is 23.3 Å². The molecule has 7 heteroatoms. The first kappa shape index (κ1) is 10.4. The summed E-state index contributed by atoms with van der Waals surface area (Å²) in [6.07, 6.45) is 0. The fraction of sp³-hybridized carbons (Fsp3) is 0. The van der Waals surface area contributed by atoms with E-state index in [4.69, 9.17) is 0 Å². The summed E-state index contributed by atoms with van der Waals surface area (Å²) in [5.41, 5.74) is -1.97. The maximum Gasteiger partial charge on any atom is 0.200 e. The summed E-state index contributed by atoms with van der Waals surface area (Å²) in [6, 6.07) is 0. The van der Waals surface area contributed by atoms with E-state index in [0.29, 0.717) is 0 Å². The van der Waals surface area contributed by atoms with E-state index >= 15 is 0 Å². The molecule has 1 rings (SSSR count). The lowest BCUT2D eigenvalue weighted by atomic mass is 10.1. The van der Waals surface area contributed by atoms with Crippen LogP contribution in [-0.4, -0.2) is 5.97 Å². The molecule has 0 saturated heterocycles. The first-order chi connectivity index (χ1) is 6.37. The quantitative estimate of drug-likeness (QED) is 0.390. The van der Waals surface area contributed by atoms with Crippen LogP contribution in [0, 0.1) is 29.1 Å². The summed E-state index contributed by atoms with van der Waals surface area (Å²) >= 11 is 0. The molecule has 14 heavy (non-hydrogen) atoms. The Morgan fingerprint density at radius 3 is 1.36 bits per heavy atom. The fourth-order valence-electron chi connectivity index (χ4n) is 0.784. The molecule has 0 bridgehead atoms. The molecule has 0 spiro atoms. The van der Waals surface area contributed by atoms with Crippen LogP contribution >= 0.6 is 0 Å². The maximum atomic E-state index is 12.5. The number of carbonyl (C=O) groups is 1. The molecule has 0 aliphatic heterocycles. The lowest BCUT2D eigenvalue weighted by Gasteiger charge is -2.07. The Balaban J connectivity index is 3.68. The third kappa shape index (κ3) is 1.30. The van der Waals surface area contributed by atoms with Crippen LogP contribution in [0.4, 0.5) is 22.0 Å². The van der Waals surface area contributed by atoms with E-state index in [1.54, 1.807) is 0 Å². The largest absolute Gasteiger partial charge is 0.545 e. The summed E-state index contributed by atoms with van der Waals surface area (Å²) in [6.45, 7) is 0. The summed E-state index contributed by atoms with van der Waals surface area (Å²) in [5.74, 6) is -14.4. The van der Waals surface area contributed by atoms with Gasteiger partial charge >= 0.3 is 0 Å². The third-order valence-corrected chi connectivity index (χ3v) is 1.41. The van der Waals surface area contributed by atoms with Crippen LogP contribution in [0.3, 0.4) is 0 Å². The van der Waals surface area contributed by atoms with E-state index < -0.39 is 40.6 Å². The minimum absolute atomic E-state index is 1.97. The van der Waals surface area contributed by atoms with E-state index in [0.717, 1.165) is 0 Å². The van der Waals surface area contributed by atoms with E-state index in [1.165, 1.54) is 0 Å². The average molecular weight is 211 g/mol. The zero-order valence-electron chi connectivity index (χ0n) is 6.21. The van der Waals surface area contributed by atoms with Crippen molar-refractivity contribution in [2.24, 2.45) is 0 Å². The predicted octanol–water partition coefficient (Wildman–Crippen LogP) is 0.746. The van der Waals surface area contributed by atoms with Crippen molar-refractivity contribution in [2.75, 3.05) is 0 Å². The molecule has 0 saturated carbocycles. The Kier molecular flexibility index (Phi) is 2.41. The van der Waals surface area contributed by atoms with Crippen LogP contribution < -0.4 is 5.11 Å². The van der Waals surface area contributed by atoms with E-state index in [1.807, 2.05) is 0 Å². The number of carbonyl (C=O) groups excluding carboxylic acids is 1. The van der Waals surface area contributed by atoms with Gasteiger partial charge in [-0.15, -0.1) is 0 Å². The van der Waals surface area contributed by atoms with Crippen molar-refractivity contribution in [3.63, 3.8) is 0 Å². The number of hydrogen-bond acceptors (Lipinski definition) is 2. The van der Waals surface area contributed by atoms with Gasteiger partial charge in [-0.3, -0.25) is 0 Å². The Morgan fingerprint density at radius 2 is 1.07 bits per heavy atom.